The van der Waals surface area contributed by atoms with Gasteiger partial charge in [0.25, 0.3) is 0 Å². The second-order valence-corrected chi connectivity index (χ2v) is 3.63. The summed E-state index contributed by atoms with van der Waals surface area (Å²) >= 11 is 0. The molecule has 0 fully saturated rings. The molecular formula is C12H15N3. The fraction of sp³-hybridized carbons (Fsp3) is 0.250. The first kappa shape index (κ1) is 9.77. The average molecular weight is 201 g/mol. The molecule has 0 atom stereocenters. The van der Waals surface area contributed by atoms with E-state index in [1.54, 1.807) is 0 Å². The lowest BCUT2D eigenvalue weighted by atomic mass is 10.2. The van der Waals surface area contributed by atoms with Crippen molar-refractivity contribution in [2.24, 2.45) is 0 Å². The molecule has 0 aliphatic carbocycles. The maximum atomic E-state index is 4.47. The van der Waals surface area contributed by atoms with E-state index in [2.05, 4.69) is 27.4 Å². The molecule has 0 bridgehead atoms. The second-order valence-electron chi connectivity index (χ2n) is 3.63. The second kappa shape index (κ2) is 3.77. The molecule has 0 radical (unpaired) electrons. The van der Waals surface area contributed by atoms with Crippen LogP contribution in [0.15, 0.2) is 24.3 Å². The van der Waals surface area contributed by atoms with E-state index >= 15 is 0 Å². The van der Waals surface area contributed by atoms with Gasteiger partial charge in [-0.1, -0.05) is 12.1 Å². The Balaban J connectivity index is 2.44. The summed E-state index contributed by atoms with van der Waals surface area (Å²) in [5.41, 5.74) is 4.39. The quantitative estimate of drug-likeness (QED) is 0.784. The summed E-state index contributed by atoms with van der Waals surface area (Å²) in [6, 6.07) is 8.19. The molecule has 0 saturated heterocycles. The number of nitrogens with one attached hydrogen (secondary N) is 2. The number of hydrogen-bond donors (Lipinski definition) is 2. The van der Waals surface area contributed by atoms with E-state index in [1.807, 2.05) is 33.0 Å². The van der Waals surface area contributed by atoms with E-state index < -0.39 is 0 Å². The Bertz CT molecular complexity index is 452. The van der Waals surface area contributed by atoms with E-state index in [1.165, 1.54) is 0 Å². The third-order valence-electron chi connectivity index (χ3n) is 2.55. The van der Waals surface area contributed by atoms with Crippen molar-refractivity contribution in [1.82, 2.24) is 9.97 Å². The molecular weight excluding hydrogens is 186 g/mol. The molecule has 0 spiro atoms. The molecule has 1 aromatic heterocycles. The largest absolute Gasteiger partial charge is 0.388 e. The van der Waals surface area contributed by atoms with Crippen LogP contribution >= 0.6 is 0 Å². The maximum absolute atomic E-state index is 4.47. The van der Waals surface area contributed by atoms with Gasteiger partial charge in [-0.25, -0.2) is 4.98 Å². The smallest absolute Gasteiger partial charge is 0.137 e. The Morgan fingerprint density at radius 2 is 2.07 bits per heavy atom. The van der Waals surface area contributed by atoms with Gasteiger partial charge in [-0.2, -0.15) is 0 Å². The van der Waals surface area contributed by atoms with E-state index in [4.69, 9.17) is 0 Å². The standard InChI is InChI=1S/C12H15N3/c1-8-9(2)15-12(14-8)10-5-4-6-11(7-10)13-3/h4-7,13H,1-3H3,(H,14,15). The van der Waals surface area contributed by atoms with Gasteiger partial charge in [-0.15, -0.1) is 0 Å². The highest BCUT2D eigenvalue weighted by atomic mass is 14.9. The predicted molar refractivity (Wildman–Crippen MR) is 63.0 cm³/mol. The van der Waals surface area contributed by atoms with E-state index in [9.17, 15) is 0 Å². The number of aryl methyl sites for hydroxylation is 2. The Labute approximate surface area is 89.6 Å². The van der Waals surface area contributed by atoms with Gasteiger partial charge in [0.1, 0.15) is 5.82 Å². The van der Waals surface area contributed by atoms with Gasteiger partial charge in [0.15, 0.2) is 0 Å². The Morgan fingerprint density at radius 3 is 2.67 bits per heavy atom. The van der Waals surface area contributed by atoms with Crippen LogP contribution in [0.1, 0.15) is 11.4 Å². The van der Waals surface area contributed by atoms with Gasteiger partial charge in [0, 0.05) is 24.0 Å². The first-order valence-electron chi connectivity index (χ1n) is 5.02. The molecule has 15 heavy (non-hydrogen) atoms. The Hall–Kier alpha value is -1.77. The molecule has 0 unspecified atom stereocenters. The lowest BCUT2D eigenvalue weighted by Gasteiger charge is -2.01. The minimum absolute atomic E-state index is 0.933. The van der Waals surface area contributed by atoms with Crippen molar-refractivity contribution >= 4 is 5.69 Å². The van der Waals surface area contributed by atoms with Crippen LogP contribution in [-0.4, -0.2) is 17.0 Å². The molecule has 0 aliphatic heterocycles. The molecule has 3 nitrogen and oxygen atoms in total. The summed E-state index contributed by atoms with van der Waals surface area (Å²) < 4.78 is 0. The number of hydrogen-bond acceptors (Lipinski definition) is 2. The lowest BCUT2D eigenvalue weighted by molar-refractivity contribution is 1.22. The molecule has 0 saturated carbocycles. The fourth-order valence-corrected chi connectivity index (χ4v) is 1.51. The number of aromatic nitrogens is 2. The highest BCUT2D eigenvalue weighted by molar-refractivity contribution is 5.62. The predicted octanol–water partition coefficient (Wildman–Crippen LogP) is 2.74. The summed E-state index contributed by atoms with van der Waals surface area (Å²) in [5, 5.41) is 3.12. The maximum Gasteiger partial charge on any atom is 0.137 e. The fourth-order valence-electron chi connectivity index (χ4n) is 1.51. The summed E-state index contributed by atoms with van der Waals surface area (Å²) in [4.78, 5) is 7.75. The Morgan fingerprint density at radius 1 is 1.27 bits per heavy atom. The van der Waals surface area contributed by atoms with Crippen molar-refractivity contribution in [3.05, 3.63) is 35.7 Å². The number of imidazole rings is 1. The van der Waals surface area contributed by atoms with Crippen molar-refractivity contribution < 1.29 is 0 Å². The van der Waals surface area contributed by atoms with E-state index in [0.29, 0.717) is 0 Å². The van der Waals surface area contributed by atoms with Gasteiger partial charge >= 0.3 is 0 Å². The summed E-state index contributed by atoms with van der Waals surface area (Å²) in [6.07, 6.45) is 0. The minimum atomic E-state index is 0.933. The van der Waals surface area contributed by atoms with Gasteiger partial charge in [0.2, 0.25) is 0 Å². The van der Waals surface area contributed by atoms with Crippen LogP contribution in [0.4, 0.5) is 5.69 Å². The van der Waals surface area contributed by atoms with Crippen molar-refractivity contribution in [2.45, 2.75) is 13.8 Å². The molecule has 78 valence electrons. The van der Waals surface area contributed by atoms with Crippen LogP contribution < -0.4 is 5.32 Å². The lowest BCUT2D eigenvalue weighted by Crippen LogP contribution is -1.88. The van der Waals surface area contributed by atoms with Crippen molar-refractivity contribution in [3.8, 4) is 11.4 Å². The Kier molecular flexibility index (Phi) is 2.46. The summed E-state index contributed by atoms with van der Waals surface area (Å²) in [7, 11) is 1.91. The van der Waals surface area contributed by atoms with Crippen LogP contribution in [0.25, 0.3) is 11.4 Å². The van der Waals surface area contributed by atoms with Gasteiger partial charge < -0.3 is 10.3 Å². The summed E-state index contributed by atoms with van der Waals surface area (Å²) in [6.45, 7) is 4.05. The van der Waals surface area contributed by atoms with Crippen LogP contribution in [0, 0.1) is 13.8 Å². The molecule has 1 heterocycles. The topological polar surface area (TPSA) is 40.7 Å². The van der Waals surface area contributed by atoms with Crippen LogP contribution in [0.3, 0.4) is 0 Å². The zero-order chi connectivity index (χ0) is 10.8. The highest BCUT2D eigenvalue weighted by Crippen LogP contribution is 2.20. The molecule has 0 amide bonds. The van der Waals surface area contributed by atoms with Gasteiger partial charge in [-0.05, 0) is 26.0 Å². The molecule has 1 aromatic carbocycles. The number of benzene rings is 1. The SMILES string of the molecule is CNc1cccc(-c2nc(C)c(C)[nH]2)c1. The third kappa shape index (κ3) is 1.86. The first-order chi connectivity index (χ1) is 7.20. The molecule has 2 rings (SSSR count). The third-order valence-corrected chi connectivity index (χ3v) is 2.55. The van der Waals surface area contributed by atoms with Crippen LogP contribution in [-0.2, 0) is 0 Å². The minimum Gasteiger partial charge on any atom is -0.388 e. The van der Waals surface area contributed by atoms with Crippen molar-refractivity contribution in [3.63, 3.8) is 0 Å². The van der Waals surface area contributed by atoms with E-state index in [0.717, 1.165) is 28.5 Å². The molecule has 3 heteroatoms. The van der Waals surface area contributed by atoms with Crippen molar-refractivity contribution in [1.29, 1.82) is 0 Å². The number of aromatic amines is 1. The van der Waals surface area contributed by atoms with Crippen LogP contribution in [0.2, 0.25) is 0 Å². The van der Waals surface area contributed by atoms with Gasteiger partial charge in [-0.3, -0.25) is 0 Å². The first-order valence-corrected chi connectivity index (χ1v) is 5.02. The van der Waals surface area contributed by atoms with E-state index in [-0.39, 0.29) is 0 Å². The highest BCUT2D eigenvalue weighted by Gasteiger charge is 2.04. The number of rotatable bonds is 2. The zero-order valence-electron chi connectivity index (χ0n) is 9.26. The zero-order valence-corrected chi connectivity index (χ0v) is 9.26. The van der Waals surface area contributed by atoms with Crippen LogP contribution in [0.5, 0.6) is 0 Å². The van der Waals surface area contributed by atoms with Gasteiger partial charge in [0.05, 0.1) is 5.69 Å². The number of anilines is 1. The normalized spacial score (nSPS) is 10.3. The summed E-state index contributed by atoms with van der Waals surface area (Å²) in [5.74, 6) is 0.933. The number of H-pyrrole nitrogens is 1. The molecule has 0 aliphatic rings. The molecule has 2 aromatic rings. The average Bonchev–Trinajstić information content (AvgIpc) is 2.59. The molecule has 2 N–H and O–H groups in total. The van der Waals surface area contributed by atoms with Crippen molar-refractivity contribution in [2.75, 3.05) is 12.4 Å². The number of nitrogens with zero attached hydrogens (tertiary/aromatic N) is 1. The monoisotopic (exact) mass is 201 g/mol.